The molecule has 2 aliphatic rings. The number of nitrogens with zero attached hydrogens (tertiary/aromatic N) is 1. The van der Waals surface area contributed by atoms with Crippen LogP contribution in [0, 0.1) is 11.2 Å². The molecule has 2 aromatic carbocycles. The van der Waals surface area contributed by atoms with Crippen molar-refractivity contribution in [3.63, 3.8) is 0 Å². The minimum atomic E-state index is -0.472. The summed E-state index contributed by atoms with van der Waals surface area (Å²) in [5, 5.41) is 0. The molecule has 0 saturated carbocycles. The van der Waals surface area contributed by atoms with Crippen LogP contribution in [0.3, 0.4) is 0 Å². The van der Waals surface area contributed by atoms with Crippen molar-refractivity contribution in [3.05, 3.63) is 83.8 Å². The van der Waals surface area contributed by atoms with E-state index in [-0.39, 0.29) is 35.1 Å². The zero-order chi connectivity index (χ0) is 22.2. The van der Waals surface area contributed by atoms with E-state index in [1.165, 1.54) is 11.0 Å². The Morgan fingerprint density at radius 2 is 1.84 bits per heavy atom. The van der Waals surface area contributed by atoms with Crippen LogP contribution in [0.4, 0.5) is 10.1 Å². The number of allylic oxidation sites excluding steroid dienone is 2. The van der Waals surface area contributed by atoms with Gasteiger partial charge >= 0.3 is 0 Å². The summed E-state index contributed by atoms with van der Waals surface area (Å²) >= 11 is 0. The summed E-state index contributed by atoms with van der Waals surface area (Å²) in [6.45, 7) is 8.06. The molecule has 31 heavy (non-hydrogen) atoms. The monoisotopic (exact) mass is 419 g/mol. The second-order valence-corrected chi connectivity index (χ2v) is 8.91. The van der Waals surface area contributed by atoms with Crippen LogP contribution >= 0.6 is 0 Å². The minimum Gasteiger partial charge on any atom is -0.490 e. The molecule has 0 N–H and O–H groups in total. The van der Waals surface area contributed by atoms with Gasteiger partial charge in [0, 0.05) is 30.0 Å². The lowest BCUT2D eigenvalue weighted by Gasteiger charge is -2.43. The average molecular weight is 419 g/mol. The van der Waals surface area contributed by atoms with Crippen LogP contribution < -0.4 is 9.64 Å². The predicted octanol–water partition coefficient (Wildman–Crippen LogP) is 5.55. The van der Waals surface area contributed by atoms with E-state index < -0.39 is 5.82 Å². The molecule has 1 atom stereocenters. The van der Waals surface area contributed by atoms with Crippen molar-refractivity contribution in [2.24, 2.45) is 5.41 Å². The number of hydrogen-bond acceptors (Lipinski definition) is 3. The molecule has 0 saturated heterocycles. The van der Waals surface area contributed by atoms with E-state index in [0.29, 0.717) is 36.5 Å². The second kappa shape index (κ2) is 8.14. The standard InChI is InChI=1S/C26H26FNO3/c1-4-13-31-18-11-9-17(10-12-18)19-14-24(30)28(21-8-6-5-7-20(21)27)22-15-26(2,3)16-23(29)25(19)22/h4-12,19H,1,13-16H2,2-3H3. The third-order valence-electron chi connectivity index (χ3n) is 5.89. The number of amides is 1. The van der Waals surface area contributed by atoms with Crippen molar-refractivity contribution >= 4 is 17.4 Å². The molecule has 1 heterocycles. The van der Waals surface area contributed by atoms with E-state index >= 15 is 0 Å². The van der Waals surface area contributed by atoms with E-state index in [2.05, 4.69) is 6.58 Å². The number of rotatable bonds is 5. The first-order valence-electron chi connectivity index (χ1n) is 10.5. The van der Waals surface area contributed by atoms with Crippen LogP contribution in [0.5, 0.6) is 5.75 Å². The lowest BCUT2D eigenvalue weighted by atomic mass is 9.69. The van der Waals surface area contributed by atoms with Gasteiger partial charge in [-0.25, -0.2) is 4.39 Å². The van der Waals surface area contributed by atoms with Crippen molar-refractivity contribution in [3.8, 4) is 5.75 Å². The molecular formula is C26H26FNO3. The summed E-state index contributed by atoms with van der Waals surface area (Å²) in [5.41, 5.74) is 2.04. The number of hydrogen-bond donors (Lipinski definition) is 0. The predicted molar refractivity (Wildman–Crippen MR) is 118 cm³/mol. The zero-order valence-corrected chi connectivity index (χ0v) is 17.9. The van der Waals surface area contributed by atoms with Crippen LogP contribution in [0.15, 0.2) is 72.5 Å². The Hall–Kier alpha value is -3.21. The first-order valence-corrected chi connectivity index (χ1v) is 10.5. The van der Waals surface area contributed by atoms with Crippen LogP contribution in [0.25, 0.3) is 0 Å². The lowest BCUT2D eigenvalue weighted by molar-refractivity contribution is -0.121. The van der Waals surface area contributed by atoms with E-state index in [1.54, 1.807) is 24.3 Å². The van der Waals surface area contributed by atoms with Crippen LogP contribution in [0.1, 0.15) is 44.6 Å². The van der Waals surface area contributed by atoms with Crippen molar-refractivity contribution < 1.29 is 18.7 Å². The summed E-state index contributed by atoms with van der Waals surface area (Å²) in [6.07, 6.45) is 2.73. The van der Waals surface area contributed by atoms with Gasteiger partial charge in [0.05, 0.1) is 5.69 Å². The van der Waals surface area contributed by atoms with E-state index in [9.17, 15) is 14.0 Å². The molecule has 160 valence electrons. The average Bonchev–Trinajstić information content (AvgIpc) is 2.72. The number of halogens is 1. The molecule has 0 aromatic heterocycles. The Labute approximate surface area is 182 Å². The maximum Gasteiger partial charge on any atom is 0.232 e. The first-order chi connectivity index (χ1) is 14.8. The summed E-state index contributed by atoms with van der Waals surface area (Å²) in [7, 11) is 0. The number of ether oxygens (including phenoxy) is 1. The largest absolute Gasteiger partial charge is 0.490 e. The number of benzene rings is 2. The van der Waals surface area contributed by atoms with Gasteiger partial charge in [-0.3, -0.25) is 14.5 Å². The van der Waals surface area contributed by atoms with Crippen LogP contribution in [0.2, 0.25) is 0 Å². The Morgan fingerprint density at radius 3 is 2.52 bits per heavy atom. The normalized spacial score (nSPS) is 20.5. The molecular weight excluding hydrogens is 393 g/mol. The third kappa shape index (κ3) is 4.05. The highest BCUT2D eigenvalue weighted by molar-refractivity contribution is 6.07. The zero-order valence-electron chi connectivity index (χ0n) is 17.9. The molecule has 1 amide bonds. The number of carbonyl (C=O) groups excluding carboxylic acids is 2. The van der Waals surface area contributed by atoms with Gasteiger partial charge in [0.15, 0.2) is 5.78 Å². The maximum absolute atomic E-state index is 14.6. The van der Waals surface area contributed by atoms with Gasteiger partial charge in [0.2, 0.25) is 5.91 Å². The van der Waals surface area contributed by atoms with E-state index in [4.69, 9.17) is 4.74 Å². The van der Waals surface area contributed by atoms with Gasteiger partial charge in [-0.15, -0.1) is 0 Å². The van der Waals surface area contributed by atoms with Gasteiger partial charge in [-0.1, -0.05) is 50.8 Å². The third-order valence-corrected chi connectivity index (χ3v) is 5.89. The quantitative estimate of drug-likeness (QED) is 0.597. The highest BCUT2D eigenvalue weighted by atomic mass is 19.1. The molecule has 5 heteroatoms. The summed E-state index contributed by atoms with van der Waals surface area (Å²) < 4.78 is 20.2. The van der Waals surface area contributed by atoms with Crippen LogP contribution in [-0.2, 0) is 9.59 Å². The van der Waals surface area contributed by atoms with Crippen molar-refractivity contribution in [1.82, 2.24) is 0 Å². The van der Waals surface area contributed by atoms with Gasteiger partial charge in [0.25, 0.3) is 0 Å². The van der Waals surface area contributed by atoms with Gasteiger partial charge < -0.3 is 4.74 Å². The lowest BCUT2D eigenvalue weighted by Crippen LogP contribution is -2.44. The Morgan fingerprint density at radius 1 is 1.13 bits per heavy atom. The molecule has 2 aromatic rings. The molecule has 1 unspecified atom stereocenters. The molecule has 0 radical (unpaired) electrons. The van der Waals surface area contributed by atoms with Gasteiger partial charge in [0.1, 0.15) is 18.2 Å². The highest BCUT2D eigenvalue weighted by Gasteiger charge is 2.44. The second-order valence-electron chi connectivity index (χ2n) is 8.91. The molecule has 0 spiro atoms. The smallest absolute Gasteiger partial charge is 0.232 e. The fraction of sp³-hybridized carbons (Fsp3) is 0.308. The number of ketones is 1. The topological polar surface area (TPSA) is 46.6 Å². The molecule has 1 aliphatic heterocycles. The fourth-order valence-electron chi connectivity index (χ4n) is 4.56. The molecule has 0 bridgehead atoms. The molecule has 0 fully saturated rings. The van der Waals surface area contributed by atoms with Crippen molar-refractivity contribution in [1.29, 1.82) is 0 Å². The Bertz CT molecular complexity index is 1070. The highest BCUT2D eigenvalue weighted by Crippen LogP contribution is 2.48. The SMILES string of the molecule is C=CCOc1ccc(C2CC(=O)N(c3ccccc3F)C3=C2C(=O)CC(C)(C)C3)cc1. The molecule has 4 nitrogen and oxygen atoms in total. The Balaban J connectivity index is 1.81. The van der Waals surface area contributed by atoms with Gasteiger partial charge in [-0.2, -0.15) is 0 Å². The van der Waals surface area contributed by atoms with Crippen molar-refractivity contribution in [2.45, 2.75) is 39.0 Å². The summed E-state index contributed by atoms with van der Waals surface area (Å²) in [4.78, 5) is 28.0. The van der Waals surface area contributed by atoms with Crippen molar-refractivity contribution in [2.75, 3.05) is 11.5 Å². The Kier molecular flexibility index (Phi) is 5.52. The van der Waals surface area contributed by atoms with E-state index in [1.807, 2.05) is 38.1 Å². The number of carbonyl (C=O) groups is 2. The number of para-hydroxylation sites is 1. The number of anilines is 1. The maximum atomic E-state index is 14.6. The molecule has 4 rings (SSSR count). The number of Topliss-reactive ketones (excluding diaryl/α,β-unsaturated/α-hetero) is 1. The fourth-order valence-corrected chi connectivity index (χ4v) is 4.56. The van der Waals surface area contributed by atoms with E-state index in [0.717, 1.165) is 5.56 Å². The van der Waals surface area contributed by atoms with Gasteiger partial charge in [-0.05, 0) is 41.7 Å². The van der Waals surface area contributed by atoms with Crippen LogP contribution in [-0.4, -0.2) is 18.3 Å². The summed E-state index contributed by atoms with van der Waals surface area (Å²) in [5.74, 6) is -0.296. The first kappa shape index (κ1) is 21.0. The minimum absolute atomic E-state index is 0.0251. The summed E-state index contributed by atoms with van der Waals surface area (Å²) in [6, 6.07) is 13.7. The molecule has 1 aliphatic carbocycles.